The van der Waals surface area contributed by atoms with E-state index < -0.39 is 0 Å². The van der Waals surface area contributed by atoms with Crippen LogP contribution in [-0.4, -0.2) is 7.05 Å². The maximum absolute atomic E-state index is 13.1. The van der Waals surface area contributed by atoms with Gasteiger partial charge in [-0.05, 0) is 43.8 Å². The van der Waals surface area contributed by atoms with Gasteiger partial charge in [-0.25, -0.2) is 4.39 Å². The normalized spacial score (nSPS) is 12.2. The molecule has 19 heavy (non-hydrogen) atoms. The van der Waals surface area contributed by atoms with Crippen molar-refractivity contribution < 1.29 is 9.13 Å². The maximum atomic E-state index is 13.1. The molecule has 2 aromatic rings. The molecule has 2 rings (SSSR count). The molecule has 0 saturated carbocycles. The van der Waals surface area contributed by atoms with Crippen LogP contribution < -0.4 is 10.1 Å². The van der Waals surface area contributed by atoms with E-state index >= 15 is 0 Å². The van der Waals surface area contributed by atoms with E-state index in [1.807, 2.05) is 25.2 Å². The average Bonchev–Trinajstić information content (AvgIpc) is 2.38. The van der Waals surface area contributed by atoms with Crippen molar-refractivity contribution in [3.63, 3.8) is 0 Å². The third-order valence-electron chi connectivity index (χ3n) is 2.90. The highest BCUT2D eigenvalue weighted by molar-refractivity contribution is 9.10. The first-order valence-electron chi connectivity index (χ1n) is 6.00. The van der Waals surface area contributed by atoms with Crippen LogP contribution in [0.3, 0.4) is 0 Å². The molecule has 0 heterocycles. The van der Waals surface area contributed by atoms with Gasteiger partial charge in [-0.15, -0.1) is 0 Å². The lowest BCUT2D eigenvalue weighted by Crippen LogP contribution is -2.12. The summed E-state index contributed by atoms with van der Waals surface area (Å²) >= 11 is 3.52. The lowest BCUT2D eigenvalue weighted by molar-refractivity contribution is 0.476. The summed E-state index contributed by atoms with van der Waals surface area (Å²) in [5.41, 5.74) is 1.15. The molecule has 2 aromatic carbocycles. The molecular weight excluding hydrogens is 309 g/mol. The summed E-state index contributed by atoms with van der Waals surface area (Å²) < 4.78 is 19.6. The summed E-state index contributed by atoms with van der Waals surface area (Å²) in [6, 6.07) is 12.1. The van der Waals surface area contributed by atoms with E-state index in [2.05, 4.69) is 28.2 Å². The molecule has 0 saturated heterocycles. The molecule has 0 fully saturated rings. The molecule has 0 aliphatic rings. The van der Waals surface area contributed by atoms with Crippen LogP contribution in [0, 0.1) is 5.82 Å². The smallest absolute Gasteiger partial charge is 0.130 e. The van der Waals surface area contributed by atoms with Crippen molar-refractivity contribution in [1.29, 1.82) is 0 Å². The molecular formula is C15H15BrFNO. The van der Waals surface area contributed by atoms with Gasteiger partial charge in [-0.1, -0.05) is 28.1 Å². The second-order valence-electron chi connectivity index (χ2n) is 4.25. The van der Waals surface area contributed by atoms with Gasteiger partial charge in [0.1, 0.15) is 17.3 Å². The molecule has 0 radical (unpaired) electrons. The van der Waals surface area contributed by atoms with Gasteiger partial charge in [-0.2, -0.15) is 0 Å². The summed E-state index contributed by atoms with van der Waals surface area (Å²) in [7, 11) is 1.91. The quantitative estimate of drug-likeness (QED) is 0.883. The van der Waals surface area contributed by atoms with Crippen LogP contribution in [0.25, 0.3) is 0 Å². The van der Waals surface area contributed by atoms with Crippen LogP contribution in [0.4, 0.5) is 4.39 Å². The predicted molar refractivity (Wildman–Crippen MR) is 78.1 cm³/mol. The van der Waals surface area contributed by atoms with Crippen LogP contribution >= 0.6 is 15.9 Å². The van der Waals surface area contributed by atoms with Gasteiger partial charge in [0.15, 0.2) is 0 Å². The van der Waals surface area contributed by atoms with Gasteiger partial charge in [0.25, 0.3) is 0 Å². The van der Waals surface area contributed by atoms with E-state index in [0.29, 0.717) is 11.5 Å². The SMILES string of the molecule is CNC(C)c1ccc(Oc2cccc(F)c2)cc1Br. The van der Waals surface area contributed by atoms with Crippen molar-refractivity contribution in [2.45, 2.75) is 13.0 Å². The van der Waals surface area contributed by atoms with Crippen molar-refractivity contribution in [1.82, 2.24) is 5.32 Å². The molecule has 0 aromatic heterocycles. The Labute approximate surface area is 120 Å². The maximum Gasteiger partial charge on any atom is 0.130 e. The van der Waals surface area contributed by atoms with Crippen molar-refractivity contribution in [3.05, 3.63) is 58.3 Å². The summed E-state index contributed by atoms with van der Waals surface area (Å²) in [4.78, 5) is 0. The number of hydrogen-bond acceptors (Lipinski definition) is 2. The van der Waals surface area contributed by atoms with E-state index in [9.17, 15) is 4.39 Å². The number of ether oxygens (including phenoxy) is 1. The Morgan fingerprint density at radius 2 is 1.89 bits per heavy atom. The van der Waals surface area contributed by atoms with Crippen LogP contribution in [0.1, 0.15) is 18.5 Å². The standard InChI is InChI=1S/C15H15BrFNO/c1-10(18-2)14-7-6-13(9-15(14)16)19-12-5-3-4-11(17)8-12/h3-10,18H,1-2H3. The Balaban J connectivity index is 2.21. The van der Waals surface area contributed by atoms with Crippen LogP contribution in [0.2, 0.25) is 0 Å². The number of halogens is 2. The lowest BCUT2D eigenvalue weighted by Gasteiger charge is -2.14. The predicted octanol–water partition coefficient (Wildman–Crippen LogP) is 4.66. The van der Waals surface area contributed by atoms with Gasteiger partial charge in [-0.3, -0.25) is 0 Å². The highest BCUT2D eigenvalue weighted by atomic mass is 79.9. The van der Waals surface area contributed by atoms with Crippen molar-refractivity contribution in [2.75, 3.05) is 7.05 Å². The Morgan fingerprint density at radius 3 is 2.53 bits per heavy atom. The fourth-order valence-corrected chi connectivity index (χ4v) is 2.45. The van der Waals surface area contributed by atoms with Crippen LogP contribution in [0.5, 0.6) is 11.5 Å². The first kappa shape index (κ1) is 14.0. The second kappa shape index (κ2) is 6.17. The molecule has 0 aliphatic heterocycles. The highest BCUT2D eigenvalue weighted by Crippen LogP contribution is 2.30. The molecule has 0 amide bonds. The number of rotatable bonds is 4. The zero-order valence-corrected chi connectivity index (χ0v) is 12.4. The van der Waals surface area contributed by atoms with E-state index in [4.69, 9.17) is 4.74 Å². The molecule has 100 valence electrons. The van der Waals surface area contributed by atoms with Crippen LogP contribution in [-0.2, 0) is 0 Å². The highest BCUT2D eigenvalue weighted by Gasteiger charge is 2.08. The van der Waals surface area contributed by atoms with E-state index in [1.54, 1.807) is 12.1 Å². The van der Waals surface area contributed by atoms with E-state index in [0.717, 1.165) is 10.0 Å². The summed E-state index contributed by atoms with van der Waals surface area (Å²) in [5, 5.41) is 3.18. The minimum absolute atomic E-state index is 0.248. The van der Waals surface area contributed by atoms with Crippen molar-refractivity contribution in [2.24, 2.45) is 0 Å². The first-order chi connectivity index (χ1) is 9.10. The Hall–Kier alpha value is -1.39. The third-order valence-corrected chi connectivity index (χ3v) is 3.59. The summed E-state index contributed by atoms with van der Waals surface area (Å²) in [6.07, 6.45) is 0. The van der Waals surface area contributed by atoms with Gasteiger partial charge in [0.2, 0.25) is 0 Å². The zero-order valence-electron chi connectivity index (χ0n) is 10.8. The van der Waals surface area contributed by atoms with Crippen molar-refractivity contribution >= 4 is 15.9 Å². The molecule has 1 unspecified atom stereocenters. The Kier molecular flexibility index (Phi) is 4.56. The second-order valence-corrected chi connectivity index (χ2v) is 5.11. The average molecular weight is 324 g/mol. The Morgan fingerprint density at radius 1 is 1.16 bits per heavy atom. The fourth-order valence-electron chi connectivity index (χ4n) is 1.74. The zero-order chi connectivity index (χ0) is 13.8. The number of nitrogens with one attached hydrogen (secondary N) is 1. The van der Waals surface area contributed by atoms with Gasteiger partial charge in [0, 0.05) is 16.6 Å². The number of hydrogen-bond donors (Lipinski definition) is 1. The van der Waals surface area contributed by atoms with Gasteiger partial charge >= 0.3 is 0 Å². The van der Waals surface area contributed by atoms with Gasteiger partial charge < -0.3 is 10.1 Å². The topological polar surface area (TPSA) is 21.3 Å². The largest absolute Gasteiger partial charge is 0.457 e. The molecule has 0 bridgehead atoms. The molecule has 0 spiro atoms. The monoisotopic (exact) mass is 323 g/mol. The molecule has 2 nitrogen and oxygen atoms in total. The molecule has 0 aliphatic carbocycles. The minimum atomic E-state index is -0.308. The fraction of sp³-hybridized carbons (Fsp3) is 0.200. The summed E-state index contributed by atoms with van der Waals surface area (Å²) in [6.45, 7) is 2.08. The summed E-state index contributed by atoms with van der Waals surface area (Å²) in [5.74, 6) is 0.850. The molecule has 1 N–H and O–H groups in total. The first-order valence-corrected chi connectivity index (χ1v) is 6.79. The van der Waals surface area contributed by atoms with E-state index in [-0.39, 0.29) is 11.9 Å². The minimum Gasteiger partial charge on any atom is -0.457 e. The molecule has 4 heteroatoms. The number of benzene rings is 2. The van der Waals surface area contributed by atoms with Gasteiger partial charge in [0.05, 0.1) is 0 Å². The third kappa shape index (κ3) is 3.55. The van der Waals surface area contributed by atoms with E-state index in [1.165, 1.54) is 12.1 Å². The van der Waals surface area contributed by atoms with Crippen molar-refractivity contribution in [3.8, 4) is 11.5 Å². The molecule has 1 atom stereocenters. The lowest BCUT2D eigenvalue weighted by atomic mass is 10.1. The van der Waals surface area contributed by atoms with Crippen LogP contribution in [0.15, 0.2) is 46.9 Å². The Bertz CT molecular complexity index is 574.